The van der Waals surface area contributed by atoms with E-state index in [0.29, 0.717) is 19.1 Å². The van der Waals surface area contributed by atoms with E-state index in [1.807, 2.05) is 0 Å². The highest BCUT2D eigenvalue weighted by Crippen LogP contribution is 2.18. The Labute approximate surface area is 124 Å². The lowest BCUT2D eigenvalue weighted by atomic mass is 10.0. The summed E-state index contributed by atoms with van der Waals surface area (Å²) in [6, 6.07) is 0.398. The molecule has 0 radical (unpaired) electrons. The molecule has 0 aliphatic carbocycles. The minimum absolute atomic E-state index is 0.271. The standard InChI is InChI=1S/C14H24N6O/c15-12(21)9-19(11-4-6-16-7-5-11)10-14-18-17-13-3-1-2-8-20(13)14/h11,16H,1-10H2,(H2,15,21). The minimum Gasteiger partial charge on any atom is -0.369 e. The Kier molecular flexibility index (Phi) is 4.50. The molecular weight excluding hydrogens is 268 g/mol. The number of fused-ring (bicyclic) bond motifs is 1. The van der Waals surface area contributed by atoms with Crippen molar-refractivity contribution in [3.8, 4) is 0 Å². The number of carbonyl (C=O) groups is 1. The fourth-order valence-corrected chi connectivity index (χ4v) is 3.35. The van der Waals surface area contributed by atoms with Gasteiger partial charge in [0.15, 0.2) is 0 Å². The maximum absolute atomic E-state index is 11.4. The van der Waals surface area contributed by atoms with Crippen molar-refractivity contribution < 1.29 is 4.79 Å². The van der Waals surface area contributed by atoms with Crippen LogP contribution in [0.2, 0.25) is 0 Å². The SMILES string of the molecule is NC(=O)CN(Cc1nnc2n1CCCC2)C1CCNCC1. The topological polar surface area (TPSA) is 89.1 Å². The van der Waals surface area contributed by atoms with Crippen LogP contribution < -0.4 is 11.1 Å². The van der Waals surface area contributed by atoms with E-state index in [9.17, 15) is 4.79 Å². The number of nitrogens with one attached hydrogen (secondary N) is 1. The van der Waals surface area contributed by atoms with E-state index in [0.717, 1.165) is 50.5 Å². The van der Waals surface area contributed by atoms with Crippen molar-refractivity contribution in [3.05, 3.63) is 11.6 Å². The third kappa shape index (κ3) is 3.41. The number of nitrogens with two attached hydrogens (primary N) is 1. The zero-order chi connectivity index (χ0) is 14.7. The summed E-state index contributed by atoms with van der Waals surface area (Å²) < 4.78 is 2.22. The van der Waals surface area contributed by atoms with Crippen molar-refractivity contribution in [2.75, 3.05) is 19.6 Å². The van der Waals surface area contributed by atoms with Crippen molar-refractivity contribution >= 4 is 5.91 Å². The predicted octanol–water partition coefficient (Wildman–Crippen LogP) is -0.346. The van der Waals surface area contributed by atoms with Gasteiger partial charge in [0.2, 0.25) is 5.91 Å². The van der Waals surface area contributed by atoms with Crippen molar-refractivity contribution in [2.24, 2.45) is 5.73 Å². The van der Waals surface area contributed by atoms with Gasteiger partial charge in [-0.3, -0.25) is 9.69 Å². The first-order chi connectivity index (χ1) is 10.2. The van der Waals surface area contributed by atoms with Gasteiger partial charge in [-0.15, -0.1) is 10.2 Å². The highest BCUT2D eigenvalue weighted by molar-refractivity contribution is 5.75. The summed E-state index contributed by atoms with van der Waals surface area (Å²) in [7, 11) is 0. The van der Waals surface area contributed by atoms with Gasteiger partial charge in [0.1, 0.15) is 11.6 Å². The molecule has 0 spiro atoms. The third-order valence-corrected chi connectivity index (χ3v) is 4.46. The molecule has 7 heteroatoms. The number of rotatable bonds is 5. The summed E-state index contributed by atoms with van der Waals surface area (Å²) >= 11 is 0. The molecule has 21 heavy (non-hydrogen) atoms. The molecule has 1 aromatic heterocycles. The van der Waals surface area contributed by atoms with Crippen LogP contribution in [0.4, 0.5) is 0 Å². The first-order valence-electron chi connectivity index (χ1n) is 7.88. The normalized spacial score (nSPS) is 19.7. The summed E-state index contributed by atoms with van der Waals surface area (Å²) in [6.45, 7) is 3.96. The molecule has 3 N–H and O–H groups in total. The zero-order valence-corrected chi connectivity index (χ0v) is 12.4. The van der Waals surface area contributed by atoms with E-state index in [4.69, 9.17) is 5.73 Å². The molecule has 0 aromatic carbocycles. The van der Waals surface area contributed by atoms with Crippen molar-refractivity contribution in [2.45, 2.75) is 51.2 Å². The molecule has 1 amide bonds. The molecule has 2 aliphatic heterocycles. The molecule has 3 heterocycles. The lowest BCUT2D eigenvalue weighted by Crippen LogP contribution is -2.46. The average molecular weight is 292 g/mol. The minimum atomic E-state index is -0.271. The number of nitrogens with zero attached hydrogens (tertiary/aromatic N) is 4. The summed E-state index contributed by atoms with van der Waals surface area (Å²) in [4.78, 5) is 13.6. The van der Waals surface area contributed by atoms with E-state index in [1.54, 1.807) is 0 Å². The number of piperidine rings is 1. The Hall–Kier alpha value is -1.47. The average Bonchev–Trinajstić information content (AvgIpc) is 2.90. The number of aromatic nitrogens is 3. The number of hydrogen-bond donors (Lipinski definition) is 2. The van der Waals surface area contributed by atoms with E-state index < -0.39 is 0 Å². The first-order valence-corrected chi connectivity index (χ1v) is 7.88. The molecule has 3 rings (SSSR count). The van der Waals surface area contributed by atoms with Crippen LogP contribution in [0.5, 0.6) is 0 Å². The summed E-state index contributed by atoms with van der Waals surface area (Å²) in [5, 5.41) is 12.0. The van der Waals surface area contributed by atoms with Crippen LogP contribution in [0.25, 0.3) is 0 Å². The summed E-state index contributed by atoms with van der Waals surface area (Å²) in [5.41, 5.74) is 5.43. The largest absolute Gasteiger partial charge is 0.369 e. The quantitative estimate of drug-likeness (QED) is 0.774. The van der Waals surface area contributed by atoms with Crippen molar-refractivity contribution in [3.63, 3.8) is 0 Å². The van der Waals surface area contributed by atoms with E-state index in [1.165, 1.54) is 12.8 Å². The Balaban J connectivity index is 1.74. The Bertz CT molecular complexity index is 494. The molecule has 1 fully saturated rings. The van der Waals surface area contributed by atoms with Gasteiger partial charge in [0, 0.05) is 19.0 Å². The Morgan fingerprint density at radius 1 is 1.33 bits per heavy atom. The molecule has 2 aliphatic rings. The predicted molar refractivity (Wildman–Crippen MR) is 78.5 cm³/mol. The molecule has 7 nitrogen and oxygen atoms in total. The van der Waals surface area contributed by atoms with Crippen LogP contribution in [0.3, 0.4) is 0 Å². The molecule has 0 bridgehead atoms. The second-order valence-electron chi connectivity index (χ2n) is 5.99. The van der Waals surface area contributed by atoms with E-state index in [-0.39, 0.29) is 5.91 Å². The summed E-state index contributed by atoms with van der Waals surface area (Å²) in [5.74, 6) is 1.79. The van der Waals surface area contributed by atoms with Gasteiger partial charge in [-0.2, -0.15) is 0 Å². The fraction of sp³-hybridized carbons (Fsp3) is 0.786. The Morgan fingerprint density at radius 2 is 2.14 bits per heavy atom. The zero-order valence-electron chi connectivity index (χ0n) is 12.4. The third-order valence-electron chi connectivity index (χ3n) is 4.46. The Morgan fingerprint density at radius 3 is 2.90 bits per heavy atom. The molecule has 0 saturated carbocycles. The van der Waals surface area contributed by atoms with Gasteiger partial charge < -0.3 is 15.6 Å². The molecule has 1 saturated heterocycles. The number of aryl methyl sites for hydroxylation is 1. The highest BCUT2D eigenvalue weighted by atomic mass is 16.1. The number of carbonyl (C=O) groups excluding carboxylic acids is 1. The van der Waals surface area contributed by atoms with Gasteiger partial charge >= 0.3 is 0 Å². The molecule has 0 unspecified atom stereocenters. The summed E-state index contributed by atoms with van der Waals surface area (Å²) in [6.07, 6.45) is 5.48. The van der Waals surface area contributed by atoms with Gasteiger partial charge in [-0.25, -0.2) is 0 Å². The second-order valence-corrected chi connectivity index (χ2v) is 5.99. The first kappa shape index (κ1) is 14.5. The van der Waals surface area contributed by atoms with E-state index in [2.05, 4.69) is 25.0 Å². The molecule has 1 aromatic rings. The van der Waals surface area contributed by atoms with Crippen LogP contribution in [-0.4, -0.2) is 51.2 Å². The maximum Gasteiger partial charge on any atom is 0.231 e. The van der Waals surface area contributed by atoms with Crippen molar-refractivity contribution in [1.29, 1.82) is 0 Å². The number of hydrogen-bond acceptors (Lipinski definition) is 5. The van der Waals surface area contributed by atoms with Gasteiger partial charge in [0.05, 0.1) is 13.1 Å². The van der Waals surface area contributed by atoms with Crippen LogP contribution in [0.15, 0.2) is 0 Å². The lowest BCUT2D eigenvalue weighted by Gasteiger charge is -2.33. The monoisotopic (exact) mass is 292 g/mol. The molecular formula is C14H24N6O. The second kappa shape index (κ2) is 6.53. The highest BCUT2D eigenvalue weighted by Gasteiger charge is 2.25. The van der Waals surface area contributed by atoms with Crippen molar-refractivity contribution in [1.82, 2.24) is 25.0 Å². The van der Waals surface area contributed by atoms with Crippen LogP contribution in [0, 0.1) is 0 Å². The van der Waals surface area contributed by atoms with Gasteiger partial charge in [-0.1, -0.05) is 0 Å². The van der Waals surface area contributed by atoms with Gasteiger partial charge in [-0.05, 0) is 38.8 Å². The van der Waals surface area contributed by atoms with Crippen LogP contribution in [-0.2, 0) is 24.3 Å². The van der Waals surface area contributed by atoms with E-state index >= 15 is 0 Å². The molecule has 0 atom stereocenters. The van der Waals surface area contributed by atoms with Gasteiger partial charge in [0.25, 0.3) is 0 Å². The number of primary amides is 1. The maximum atomic E-state index is 11.4. The fourth-order valence-electron chi connectivity index (χ4n) is 3.35. The smallest absolute Gasteiger partial charge is 0.231 e. The lowest BCUT2D eigenvalue weighted by molar-refractivity contribution is -0.120. The molecule has 116 valence electrons. The van der Waals surface area contributed by atoms with Crippen LogP contribution >= 0.6 is 0 Å². The van der Waals surface area contributed by atoms with Crippen LogP contribution in [0.1, 0.15) is 37.3 Å². The number of amides is 1.